The molecule has 7 nitrogen and oxygen atoms in total. The molecule has 0 aliphatic heterocycles. The van der Waals surface area contributed by atoms with Gasteiger partial charge in [0.2, 0.25) is 0 Å². The Bertz CT molecular complexity index is 766. The fourth-order valence-corrected chi connectivity index (χ4v) is 4.57. The second-order valence-corrected chi connectivity index (χ2v) is 7.02. The molecule has 26 heavy (non-hydrogen) atoms. The maximum atomic E-state index is 12.4. The summed E-state index contributed by atoms with van der Waals surface area (Å²) >= 11 is 0. The Morgan fingerprint density at radius 3 is 1.92 bits per heavy atom. The van der Waals surface area contributed by atoms with Gasteiger partial charge in [-0.3, -0.25) is 9.59 Å². The molecular formula is C19H20O7. The monoisotopic (exact) mass is 360 g/mol. The summed E-state index contributed by atoms with van der Waals surface area (Å²) in [5.74, 6) is -1.84. The van der Waals surface area contributed by atoms with Gasteiger partial charge in [0.15, 0.2) is 5.41 Å². The Hall–Kier alpha value is -2.70. The molecule has 0 aromatic heterocycles. The number of benzene rings is 1. The van der Waals surface area contributed by atoms with E-state index in [9.17, 15) is 19.2 Å². The Balaban J connectivity index is 2.02. The fourth-order valence-electron chi connectivity index (χ4n) is 4.57. The zero-order valence-corrected chi connectivity index (χ0v) is 14.9. The number of rotatable bonds is 5. The minimum Gasteiger partial charge on any atom is -0.468 e. The minimum atomic E-state index is -1.50. The molecule has 1 aromatic rings. The molecule has 7 heteroatoms. The number of methoxy groups -OCH3 is 3. The highest BCUT2D eigenvalue weighted by Gasteiger charge is 2.80. The molecule has 1 aromatic carbocycles. The highest BCUT2D eigenvalue weighted by Crippen LogP contribution is 2.77. The van der Waals surface area contributed by atoms with Gasteiger partial charge < -0.3 is 19.0 Å². The van der Waals surface area contributed by atoms with Crippen LogP contribution in [-0.4, -0.2) is 45.5 Å². The Kier molecular flexibility index (Phi) is 4.13. The van der Waals surface area contributed by atoms with Crippen molar-refractivity contribution in [3.63, 3.8) is 0 Å². The highest BCUT2D eigenvalue weighted by molar-refractivity contribution is 6.02. The summed E-state index contributed by atoms with van der Waals surface area (Å²) in [4.78, 5) is 48.3. The first-order valence-electron chi connectivity index (χ1n) is 8.17. The molecule has 0 heterocycles. The second-order valence-electron chi connectivity index (χ2n) is 7.02. The van der Waals surface area contributed by atoms with Crippen LogP contribution in [-0.2, 0) is 34.0 Å². The molecule has 0 N–H and O–H groups in total. The van der Waals surface area contributed by atoms with E-state index in [4.69, 9.17) is 9.47 Å². The minimum absolute atomic E-state index is 0.0571. The van der Waals surface area contributed by atoms with Gasteiger partial charge in [0, 0.05) is 10.8 Å². The molecule has 0 amide bonds. The van der Waals surface area contributed by atoms with Crippen LogP contribution < -0.4 is 0 Å². The molecule has 0 unspecified atom stereocenters. The van der Waals surface area contributed by atoms with Gasteiger partial charge in [-0.2, -0.15) is 0 Å². The number of ether oxygens (including phenoxy) is 3. The van der Waals surface area contributed by atoms with Crippen LogP contribution in [0.25, 0.3) is 0 Å². The van der Waals surface area contributed by atoms with Crippen molar-refractivity contribution < 1.29 is 33.4 Å². The van der Waals surface area contributed by atoms with E-state index in [1.54, 1.807) is 24.3 Å². The summed E-state index contributed by atoms with van der Waals surface area (Å²) in [5, 5.41) is 0. The predicted octanol–water partition coefficient (Wildman–Crippen LogP) is 1.43. The van der Waals surface area contributed by atoms with Crippen LogP contribution in [0.1, 0.15) is 35.2 Å². The summed E-state index contributed by atoms with van der Waals surface area (Å²) in [7, 11) is 3.72. The van der Waals surface area contributed by atoms with E-state index in [-0.39, 0.29) is 12.8 Å². The lowest BCUT2D eigenvalue weighted by atomic mass is 9.78. The molecule has 2 fully saturated rings. The van der Waals surface area contributed by atoms with Crippen molar-refractivity contribution in [2.75, 3.05) is 21.3 Å². The molecule has 2 atom stereocenters. The Labute approximate surface area is 150 Å². The van der Waals surface area contributed by atoms with E-state index in [2.05, 4.69) is 4.74 Å². The van der Waals surface area contributed by atoms with Gasteiger partial charge >= 0.3 is 17.9 Å². The summed E-state index contributed by atoms with van der Waals surface area (Å²) < 4.78 is 14.4. The van der Waals surface area contributed by atoms with Gasteiger partial charge in [-0.05, 0) is 37.0 Å². The van der Waals surface area contributed by atoms with Crippen molar-refractivity contribution in [1.82, 2.24) is 0 Å². The van der Waals surface area contributed by atoms with Crippen LogP contribution in [0.5, 0.6) is 0 Å². The summed E-state index contributed by atoms with van der Waals surface area (Å²) in [6, 6.07) is 6.70. The lowest BCUT2D eigenvalue weighted by molar-refractivity contribution is -0.170. The van der Waals surface area contributed by atoms with Crippen LogP contribution in [0.3, 0.4) is 0 Å². The number of carbonyl (C=O) groups is 4. The van der Waals surface area contributed by atoms with Crippen molar-refractivity contribution in [2.45, 2.75) is 24.7 Å². The van der Waals surface area contributed by atoms with Crippen molar-refractivity contribution in [3.8, 4) is 0 Å². The van der Waals surface area contributed by atoms with E-state index in [1.807, 2.05) is 0 Å². The number of fused-ring (bicyclic) bond motifs is 1. The number of hydrogen-bond donors (Lipinski definition) is 0. The molecule has 0 radical (unpaired) electrons. The quantitative estimate of drug-likeness (QED) is 0.339. The first kappa shape index (κ1) is 18.1. The van der Waals surface area contributed by atoms with Gasteiger partial charge in [-0.25, -0.2) is 4.79 Å². The number of aldehydes is 1. The first-order valence-corrected chi connectivity index (χ1v) is 8.17. The molecule has 3 rings (SSSR count). The summed E-state index contributed by atoms with van der Waals surface area (Å²) in [5.41, 5.74) is -1.78. The molecule has 2 aliphatic rings. The highest BCUT2D eigenvalue weighted by atomic mass is 16.5. The third kappa shape index (κ3) is 2.19. The molecule has 138 valence electrons. The Morgan fingerprint density at radius 1 is 0.885 bits per heavy atom. The molecule has 0 spiro atoms. The normalized spacial score (nSPS) is 27.8. The third-order valence-electron chi connectivity index (χ3n) is 5.90. The van der Waals surface area contributed by atoms with E-state index >= 15 is 0 Å². The lowest BCUT2D eigenvalue weighted by Crippen LogP contribution is -2.41. The standard InChI is InChI=1S/C19H20O7/c1-24-14(21)12-4-6-13(7-5-12)19-9-17(19,11-20)8-18(10-19,15(22)25-2)16(23)26-3/h4-7,11H,8-10H2,1-3H3/t17-,19-/m0/s1. The van der Waals surface area contributed by atoms with Crippen molar-refractivity contribution in [3.05, 3.63) is 35.4 Å². The van der Waals surface area contributed by atoms with Crippen LogP contribution in [0.2, 0.25) is 0 Å². The molecular weight excluding hydrogens is 340 g/mol. The average Bonchev–Trinajstić information content (AvgIpc) is 3.22. The van der Waals surface area contributed by atoms with Gasteiger partial charge in [0.25, 0.3) is 0 Å². The van der Waals surface area contributed by atoms with Gasteiger partial charge in [0.1, 0.15) is 6.29 Å². The van der Waals surface area contributed by atoms with Crippen molar-refractivity contribution in [2.24, 2.45) is 10.8 Å². The van der Waals surface area contributed by atoms with Crippen LogP contribution in [0, 0.1) is 10.8 Å². The van der Waals surface area contributed by atoms with Gasteiger partial charge in [-0.1, -0.05) is 12.1 Å². The Morgan fingerprint density at radius 2 is 1.46 bits per heavy atom. The molecule has 0 bridgehead atoms. The first-order chi connectivity index (χ1) is 12.3. The van der Waals surface area contributed by atoms with Crippen LogP contribution in [0.15, 0.2) is 24.3 Å². The lowest BCUT2D eigenvalue weighted by Gasteiger charge is -2.26. The maximum absolute atomic E-state index is 12.4. The number of hydrogen-bond acceptors (Lipinski definition) is 7. The van der Waals surface area contributed by atoms with Gasteiger partial charge in [-0.15, -0.1) is 0 Å². The van der Waals surface area contributed by atoms with E-state index in [0.29, 0.717) is 12.0 Å². The zero-order valence-electron chi connectivity index (χ0n) is 14.9. The zero-order chi connectivity index (χ0) is 19.2. The number of carbonyl (C=O) groups excluding carboxylic acids is 4. The van der Waals surface area contributed by atoms with Crippen LogP contribution in [0.4, 0.5) is 0 Å². The van der Waals surface area contributed by atoms with Gasteiger partial charge in [0.05, 0.1) is 26.9 Å². The third-order valence-corrected chi connectivity index (χ3v) is 5.90. The smallest absolute Gasteiger partial charge is 0.337 e. The molecule has 2 aliphatic carbocycles. The van der Waals surface area contributed by atoms with E-state index in [1.165, 1.54) is 21.3 Å². The fraction of sp³-hybridized carbons (Fsp3) is 0.474. The van der Waals surface area contributed by atoms with E-state index < -0.39 is 34.2 Å². The van der Waals surface area contributed by atoms with Crippen molar-refractivity contribution in [1.29, 1.82) is 0 Å². The second kappa shape index (κ2) is 5.93. The predicted molar refractivity (Wildman–Crippen MR) is 88.3 cm³/mol. The molecule has 0 saturated heterocycles. The average molecular weight is 360 g/mol. The number of esters is 3. The largest absolute Gasteiger partial charge is 0.468 e. The summed E-state index contributed by atoms with van der Waals surface area (Å²) in [6.07, 6.45) is 1.56. The van der Waals surface area contributed by atoms with E-state index in [0.717, 1.165) is 11.8 Å². The van der Waals surface area contributed by atoms with Crippen LogP contribution >= 0.6 is 0 Å². The molecule has 2 saturated carbocycles. The SMILES string of the molecule is COC(=O)c1ccc([C@]23CC(C(=O)OC)(C(=O)OC)C[C@@]2(C=O)C3)cc1. The topological polar surface area (TPSA) is 96.0 Å². The maximum Gasteiger partial charge on any atom is 0.337 e. The van der Waals surface area contributed by atoms with Crippen molar-refractivity contribution >= 4 is 24.2 Å². The summed E-state index contributed by atoms with van der Waals surface area (Å²) in [6.45, 7) is 0.